The molecule has 0 amide bonds. The van der Waals surface area contributed by atoms with E-state index >= 15 is 0 Å². The Hall–Kier alpha value is -2.71. The molecule has 3 fully saturated rings. The predicted octanol–water partition coefficient (Wildman–Crippen LogP) is 2.26. The zero-order chi connectivity index (χ0) is 23.0. The third-order valence-corrected chi connectivity index (χ3v) is 8.75. The molecule has 2 aromatic heterocycles. The van der Waals surface area contributed by atoms with Gasteiger partial charge in [0, 0.05) is 44.5 Å². The van der Waals surface area contributed by atoms with Crippen LogP contribution in [0.15, 0.2) is 23.5 Å². The molecule has 0 radical (unpaired) electrons. The number of nitriles is 1. The van der Waals surface area contributed by atoms with Crippen molar-refractivity contribution >= 4 is 21.8 Å². The number of hydrogen-bond donors (Lipinski definition) is 1. The van der Waals surface area contributed by atoms with E-state index in [1.165, 1.54) is 34.2 Å². The first-order valence-electron chi connectivity index (χ1n) is 11.8. The lowest BCUT2D eigenvalue weighted by Gasteiger charge is -2.32. The third-order valence-electron chi connectivity index (χ3n) is 6.90. The van der Waals surface area contributed by atoms with Crippen molar-refractivity contribution in [2.45, 2.75) is 74.4 Å². The van der Waals surface area contributed by atoms with Crippen molar-refractivity contribution in [3.8, 4) is 6.07 Å². The lowest BCUT2D eigenvalue weighted by atomic mass is 10.1. The second-order valence-corrected chi connectivity index (χ2v) is 11.2. The third kappa shape index (κ3) is 4.54. The Labute approximate surface area is 194 Å². The average Bonchev–Trinajstić information content (AvgIpc) is 3.29. The van der Waals surface area contributed by atoms with Crippen molar-refractivity contribution in [2.75, 3.05) is 23.3 Å². The normalized spacial score (nSPS) is 20.6. The maximum atomic E-state index is 12.8. The molecule has 0 atom stereocenters. The minimum atomic E-state index is -3.53. The van der Waals surface area contributed by atoms with Gasteiger partial charge in [-0.1, -0.05) is 12.8 Å². The van der Waals surface area contributed by atoms with Crippen LogP contribution in [0.4, 0.5) is 11.8 Å². The molecule has 3 aliphatic rings. The van der Waals surface area contributed by atoms with Gasteiger partial charge in [0.2, 0.25) is 16.0 Å². The number of piperidine rings is 1. The second-order valence-electron chi connectivity index (χ2n) is 9.29. The summed E-state index contributed by atoms with van der Waals surface area (Å²) >= 11 is 0. The number of hydrogen-bond acceptors (Lipinski definition) is 8. The molecule has 11 heteroatoms. The van der Waals surface area contributed by atoms with Gasteiger partial charge in [0.25, 0.3) is 0 Å². The van der Waals surface area contributed by atoms with Gasteiger partial charge in [-0.2, -0.15) is 19.6 Å². The summed E-state index contributed by atoms with van der Waals surface area (Å²) in [6.45, 7) is 0.850. The number of anilines is 2. The molecule has 1 N–H and O–H groups in total. The number of nitrogens with one attached hydrogen (secondary N) is 1. The number of sulfonamides is 1. The van der Waals surface area contributed by atoms with Crippen LogP contribution in [0.2, 0.25) is 0 Å². The molecule has 1 saturated heterocycles. The summed E-state index contributed by atoms with van der Waals surface area (Å²) in [7, 11) is -1.82. The lowest BCUT2D eigenvalue weighted by Crippen LogP contribution is -2.42. The number of nitrogens with zero attached hydrogens (tertiary/aromatic N) is 7. The van der Waals surface area contributed by atoms with Crippen molar-refractivity contribution in [2.24, 2.45) is 7.05 Å². The first-order valence-corrected chi connectivity index (χ1v) is 13.2. The maximum Gasteiger partial charge on any atom is 0.246 e. The number of aryl methyl sites for hydroxylation is 1. The van der Waals surface area contributed by atoms with Crippen LogP contribution in [-0.4, -0.2) is 63.7 Å². The molecule has 2 saturated carbocycles. The van der Waals surface area contributed by atoms with Gasteiger partial charge in [-0.3, -0.25) is 4.68 Å². The summed E-state index contributed by atoms with van der Waals surface area (Å²) in [6.07, 6.45) is 12.9. The van der Waals surface area contributed by atoms with Gasteiger partial charge in [0.05, 0.1) is 12.4 Å². The van der Waals surface area contributed by atoms with E-state index in [-0.39, 0.29) is 10.9 Å². The molecule has 0 unspecified atom stereocenters. The SMILES string of the molecule is Cn1cc(S(=O)(=O)N2CCC(Nc3ncc(C#N)c(N(C4CCCC4)C4CC4)n3)CC2)cn1. The summed E-state index contributed by atoms with van der Waals surface area (Å²) in [5.41, 5.74) is 0.525. The Morgan fingerprint density at radius 1 is 1.09 bits per heavy atom. The Morgan fingerprint density at radius 2 is 1.79 bits per heavy atom. The van der Waals surface area contributed by atoms with Gasteiger partial charge in [0.1, 0.15) is 16.5 Å². The Kier molecular flexibility index (Phi) is 5.97. The van der Waals surface area contributed by atoms with E-state index < -0.39 is 10.0 Å². The van der Waals surface area contributed by atoms with Gasteiger partial charge in [0.15, 0.2) is 5.82 Å². The number of aromatic nitrogens is 4. The van der Waals surface area contributed by atoms with Crippen LogP contribution in [0.25, 0.3) is 0 Å². The fraction of sp³-hybridized carbons (Fsp3) is 0.636. The largest absolute Gasteiger partial charge is 0.351 e. The van der Waals surface area contributed by atoms with E-state index in [2.05, 4.69) is 26.4 Å². The Morgan fingerprint density at radius 3 is 2.39 bits per heavy atom. The fourth-order valence-corrected chi connectivity index (χ4v) is 6.46. The van der Waals surface area contributed by atoms with Gasteiger partial charge >= 0.3 is 0 Å². The monoisotopic (exact) mass is 470 g/mol. The van der Waals surface area contributed by atoms with Crippen molar-refractivity contribution in [1.29, 1.82) is 5.26 Å². The molecule has 33 heavy (non-hydrogen) atoms. The molecule has 176 valence electrons. The van der Waals surface area contributed by atoms with Crippen LogP contribution in [0, 0.1) is 11.3 Å². The summed E-state index contributed by atoms with van der Waals surface area (Å²) < 4.78 is 28.7. The first kappa shape index (κ1) is 22.1. The molecular formula is C22H30N8O2S. The average molecular weight is 471 g/mol. The van der Waals surface area contributed by atoms with Crippen molar-refractivity contribution in [3.63, 3.8) is 0 Å². The highest BCUT2D eigenvalue weighted by Crippen LogP contribution is 2.39. The summed E-state index contributed by atoms with van der Waals surface area (Å²) in [5, 5.41) is 17.1. The summed E-state index contributed by atoms with van der Waals surface area (Å²) in [4.78, 5) is 11.8. The Balaban J connectivity index is 1.28. The van der Waals surface area contributed by atoms with Crippen LogP contribution in [-0.2, 0) is 17.1 Å². The zero-order valence-electron chi connectivity index (χ0n) is 18.9. The highest BCUT2D eigenvalue weighted by atomic mass is 32.2. The minimum Gasteiger partial charge on any atom is -0.351 e. The van der Waals surface area contributed by atoms with Gasteiger partial charge in [-0.15, -0.1) is 0 Å². The van der Waals surface area contributed by atoms with Crippen LogP contribution >= 0.6 is 0 Å². The molecule has 2 aromatic rings. The van der Waals surface area contributed by atoms with Crippen molar-refractivity contribution in [3.05, 3.63) is 24.2 Å². The molecule has 0 spiro atoms. The predicted molar refractivity (Wildman–Crippen MR) is 123 cm³/mol. The van der Waals surface area contributed by atoms with Crippen LogP contribution in [0.3, 0.4) is 0 Å². The molecule has 5 rings (SSSR count). The van der Waals surface area contributed by atoms with Crippen molar-refractivity contribution < 1.29 is 8.42 Å². The fourth-order valence-electron chi connectivity index (χ4n) is 5.00. The van der Waals surface area contributed by atoms with E-state index in [1.807, 2.05) is 0 Å². The van der Waals surface area contributed by atoms with Gasteiger partial charge < -0.3 is 10.2 Å². The van der Waals surface area contributed by atoms with Gasteiger partial charge in [-0.05, 0) is 38.5 Å². The second kappa shape index (κ2) is 8.91. The molecule has 0 bridgehead atoms. The summed E-state index contributed by atoms with van der Waals surface area (Å²) in [5.74, 6) is 1.27. The molecule has 10 nitrogen and oxygen atoms in total. The van der Waals surface area contributed by atoms with E-state index in [1.54, 1.807) is 13.2 Å². The van der Waals surface area contributed by atoms with E-state index in [0.717, 1.165) is 31.5 Å². The molecular weight excluding hydrogens is 440 g/mol. The minimum absolute atomic E-state index is 0.0759. The first-order chi connectivity index (χ1) is 16.0. The van der Waals surface area contributed by atoms with E-state index in [4.69, 9.17) is 4.98 Å². The standard InChI is InChI=1S/C22H30N8O2S/c1-28-15-20(14-25-28)33(31,32)29-10-8-17(9-11-29)26-22-24-13-16(12-23)21(27-22)30(19-6-7-19)18-4-2-3-5-18/h13-15,17-19H,2-11H2,1H3,(H,24,26,27). The van der Waals surface area contributed by atoms with Gasteiger partial charge in [-0.25, -0.2) is 13.4 Å². The van der Waals surface area contributed by atoms with E-state index in [0.29, 0.717) is 49.5 Å². The smallest absolute Gasteiger partial charge is 0.246 e. The van der Waals surface area contributed by atoms with Crippen LogP contribution < -0.4 is 10.2 Å². The van der Waals surface area contributed by atoms with Crippen LogP contribution in [0.5, 0.6) is 0 Å². The summed E-state index contributed by atoms with van der Waals surface area (Å²) in [6, 6.07) is 3.28. The van der Waals surface area contributed by atoms with Crippen LogP contribution in [0.1, 0.15) is 56.9 Å². The highest BCUT2D eigenvalue weighted by molar-refractivity contribution is 7.89. The van der Waals surface area contributed by atoms with E-state index in [9.17, 15) is 13.7 Å². The quantitative estimate of drug-likeness (QED) is 0.654. The Bertz CT molecular complexity index is 1140. The molecule has 1 aliphatic heterocycles. The molecule has 2 aliphatic carbocycles. The maximum absolute atomic E-state index is 12.8. The number of rotatable bonds is 7. The molecule has 0 aromatic carbocycles. The molecule has 3 heterocycles. The van der Waals surface area contributed by atoms with Crippen molar-refractivity contribution in [1.82, 2.24) is 24.1 Å². The highest BCUT2D eigenvalue weighted by Gasteiger charge is 2.38. The lowest BCUT2D eigenvalue weighted by molar-refractivity contribution is 0.329. The zero-order valence-corrected chi connectivity index (χ0v) is 19.7. The topological polar surface area (TPSA) is 120 Å².